The highest BCUT2D eigenvalue weighted by Gasteiger charge is 2.24. The second kappa shape index (κ2) is 8.99. The average Bonchev–Trinajstić information content (AvgIpc) is 3.23. The van der Waals surface area contributed by atoms with Gasteiger partial charge in [0.25, 0.3) is 5.56 Å². The molecule has 1 aliphatic carbocycles. The number of aryl methyl sites for hydroxylation is 2. The monoisotopic (exact) mass is 425 g/mol. The number of piperidine rings is 1. The molecule has 8 nitrogen and oxygen atoms in total. The first-order valence-electron chi connectivity index (χ1n) is 11.3. The van der Waals surface area contributed by atoms with Gasteiger partial charge in [-0.05, 0) is 68.2 Å². The van der Waals surface area contributed by atoms with Crippen molar-refractivity contribution in [1.82, 2.24) is 9.13 Å². The molecule has 1 aliphatic heterocycles. The first-order valence-corrected chi connectivity index (χ1v) is 11.3. The van der Waals surface area contributed by atoms with Gasteiger partial charge in [0.2, 0.25) is 5.91 Å². The van der Waals surface area contributed by atoms with Crippen molar-refractivity contribution in [3.8, 4) is 0 Å². The van der Waals surface area contributed by atoms with E-state index >= 15 is 0 Å². The number of amides is 1. The van der Waals surface area contributed by atoms with Crippen molar-refractivity contribution < 1.29 is 4.79 Å². The highest BCUT2D eigenvalue weighted by molar-refractivity contribution is 5.90. The summed E-state index contributed by atoms with van der Waals surface area (Å²) in [7, 11) is 0. The molecule has 2 aliphatic rings. The van der Waals surface area contributed by atoms with E-state index in [2.05, 4.69) is 5.32 Å². The van der Waals surface area contributed by atoms with E-state index in [0.717, 1.165) is 56.2 Å². The van der Waals surface area contributed by atoms with Gasteiger partial charge >= 0.3 is 5.69 Å². The van der Waals surface area contributed by atoms with Crippen molar-refractivity contribution in [2.24, 2.45) is 0 Å². The van der Waals surface area contributed by atoms with E-state index in [1.54, 1.807) is 0 Å². The Balaban J connectivity index is 1.65. The van der Waals surface area contributed by atoms with Gasteiger partial charge in [-0.1, -0.05) is 13.0 Å². The zero-order valence-electron chi connectivity index (χ0n) is 18.2. The van der Waals surface area contributed by atoms with E-state index in [9.17, 15) is 14.4 Å². The maximum absolute atomic E-state index is 13.3. The summed E-state index contributed by atoms with van der Waals surface area (Å²) in [4.78, 5) is 41.0. The Morgan fingerprint density at radius 2 is 1.77 bits per heavy atom. The third-order valence-corrected chi connectivity index (χ3v) is 6.25. The van der Waals surface area contributed by atoms with Gasteiger partial charge in [-0.2, -0.15) is 0 Å². The van der Waals surface area contributed by atoms with E-state index in [1.807, 2.05) is 30.0 Å². The first kappa shape index (κ1) is 21.2. The van der Waals surface area contributed by atoms with Crippen LogP contribution in [-0.2, 0) is 30.7 Å². The van der Waals surface area contributed by atoms with Crippen LogP contribution in [0.4, 0.5) is 17.2 Å². The predicted octanol–water partition coefficient (Wildman–Crippen LogP) is 2.12. The molecule has 1 saturated heterocycles. The number of carbonyl (C=O) groups is 1. The lowest BCUT2D eigenvalue weighted by Gasteiger charge is -2.30. The third kappa shape index (κ3) is 4.24. The molecule has 0 bridgehead atoms. The molecule has 0 radical (unpaired) electrons. The molecular formula is C23H31N5O3. The average molecular weight is 426 g/mol. The van der Waals surface area contributed by atoms with Crippen LogP contribution >= 0.6 is 0 Å². The molecule has 166 valence electrons. The van der Waals surface area contributed by atoms with Gasteiger partial charge in [0.15, 0.2) is 0 Å². The Labute approximate surface area is 181 Å². The number of hydrogen-bond acceptors (Lipinski definition) is 5. The van der Waals surface area contributed by atoms with Crippen LogP contribution in [0.1, 0.15) is 50.2 Å². The number of nitrogens with two attached hydrogens (primary N) is 1. The standard InChI is InChI=1S/C23H31N5O3/c1-2-11-27-21(24)20(26-12-4-3-5-13-26)22(30)28(23(27)31)15-19(29)25-18-10-9-16-7-6-8-17(16)14-18/h9-10,14H,2-8,11-13,15,24H2,1H3,(H,25,29). The van der Waals surface area contributed by atoms with Crippen LogP contribution < -0.4 is 27.2 Å². The van der Waals surface area contributed by atoms with Crippen LogP contribution in [0.2, 0.25) is 0 Å². The lowest BCUT2D eigenvalue weighted by Crippen LogP contribution is -2.47. The van der Waals surface area contributed by atoms with Crippen LogP contribution in [0.15, 0.2) is 27.8 Å². The number of fused-ring (bicyclic) bond motifs is 1. The maximum atomic E-state index is 13.3. The SMILES string of the molecule is CCCn1c(N)c(N2CCCCC2)c(=O)n(CC(=O)Nc2ccc3c(c2)CCC3)c1=O. The second-order valence-corrected chi connectivity index (χ2v) is 8.49. The van der Waals surface area contributed by atoms with E-state index in [-0.39, 0.29) is 12.4 Å². The molecule has 1 aromatic carbocycles. The number of nitrogens with one attached hydrogen (secondary N) is 1. The lowest BCUT2D eigenvalue weighted by molar-refractivity contribution is -0.116. The smallest absolute Gasteiger partial charge is 0.333 e. The molecule has 4 rings (SSSR count). The highest BCUT2D eigenvalue weighted by Crippen LogP contribution is 2.25. The number of hydrogen-bond donors (Lipinski definition) is 2. The van der Waals surface area contributed by atoms with Crippen LogP contribution in [0.5, 0.6) is 0 Å². The van der Waals surface area contributed by atoms with Gasteiger partial charge in [-0.15, -0.1) is 0 Å². The molecule has 0 spiro atoms. The molecule has 0 saturated carbocycles. The van der Waals surface area contributed by atoms with Crippen molar-refractivity contribution >= 4 is 23.1 Å². The molecule has 3 N–H and O–H groups in total. The van der Waals surface area contributed by atoms with Gasteiger partial charge < -0.3 is 16.0 Å². The maximum Gasteiger partial charge on any atom is 0.333 e. The molecule has 1 fully saturated rings. The molecule has 31 heavy (non-hydrogen) atoms. The van der Waals surface area contributed by atoms with Crippen molar-refractivity contribution in [2.75, 3.05) is 29.0 Å². The molecule has 1 aromatic heterocycles. The van der Waals surface area contributed by atoms with E-state index in [0.29, 0.717) is 24.3 Å². The zero-order valence-corrected chi connectivity index (χ0v) is 18.2. The second-order valence-electron chi connectivity index (χ2n) is 8.49. The minimum atomic E-state index is -0.533. The summed E-state index contributed by atoms with van der Waals surface area (Å²) in [5.41, 5.74) is 8.88. The quantitative estimate of drug-likeness (QED) is 0.738. The van der Waals surface area contributed by atoms with Gasteiger partial charge in [-0.25, -0.2) is 9.36 Å². The van der Waals surface area contributed by atoms with Gasteiger partial charge in [0.05, 0.1) is 0 Å². The summed E-state index contributed by atoms with van der Waals surface area (Å²) in [6, 6.07) is 5.90. The van der Waals surface area contributed by atoms with E-state index in [4.69, 9.17) is 5.73 Å². The fourth-order valence-electron chi connectivity index (χ4n) is 4.69. The Hall–Kier alpha value is -3.03. The van der Waals surface area contributed by atoms with Crippen LogP contribution in [0, 0.1) is 0 Å². The molecular weight excluding hydrogens is 394 g/mol. The number of benzene rings is 1. The topological polar surface area (TPSA) is 102 Å². The number of nitrogens with zero attached hydrogens (tertiary/aromatic N) is 3. The van der Waals surface area contributed by atoms with E-state index in [1.165, 1.54) is 15.7 Å². The minimum Gasteiger partial charge on any atom is -0.383 e. The van der Waals surface area contributed by atoms with Crippen molar-refractivity contribution in [1.29, 1.82) is 0 Å². The fourth-order valence-corrected chi connectivity index (χ4v) is 4.69. The van der Waals surface area contributed by atoms with Crippen molar-refractivity contribution in [2.45, 2.75) is 65.0 Å². The van der Waals surface area contributed by atoms with Gasteiger partial charge in [0.1, 0.15) is 18.1 Å². The Morgan fingerprint density at radius 1 is 1.03 bits per heavy atom. The normalized spacial score (nSPS) is 15.7. The molecule has 0 unspecified atom stereocenters. The third-order valence-electron chi connectivity index (χ3n) is 6.25. The van der Waals surface area contributed by atoms with Crippen molar-refractivity contribution in [3.05, 3.63) is 50.2 Å². The lowest BCUT2D eigenvalue weighted by atomic mass is 10.1. The van der Waals surface area contributed by atoms with Gasteiger partial charge in [-0.3, -0.25) is 14.2 Å². The molecule has 8 heteroatoms. The summed E-state index contributed by atoms with van der Waals surface area (Å²) in [5, 5.41) is 2.85. The molecule has 2 aromatic rings. The Kier molecular flexibility index (Phi) is 6.15. The summed E-state index contributed by atoms with van der Waals surface area (Å²) in [6.07, 6.45) is 6.97. The molecule has 0 atom stereocenters. The van der Waals surface area contributed by atoms with Gasteiger partial charge in [0, 0.05) is 25.3 Å². The fraction of sp³-hybridized carbons (Fsp3) is 0.522. The summed E-state index contributed by atoms with van der Waals surface area (Å²) < 4.78 is 2.45. The van der Waals surface area contributed by atoms with E-state index < -0.39 is 17.2 Å². The molecule has 2 heterocycles. The first-order chi connectivity index (χ1) is 15.0. The number of nitrogen functional groups attached to an aromatic ring is 1. The largest absolute Gasteiger partial charge is 0.383 e. The molecule has 1 amide bonds. The number of aromatic nitrogens is 2. The van der Waals surface area contributed by atoms with Crippen LogP contribution in [0.25, 0.3) is 0 Å². The zero-order chi connectivity index (χ0) is 22.0. The minimum absolute atomic E-state index is 0.203. The summed E-state index contributed by atoms with van der Waals surface area (Å²) in [5.74, 6) is -0.191. The van der Waals surface area contributed by atoms with Crippen LogP contribution in [0.3, 0.4) is 0 Å². The number of rotatable bonds is 6. The Morgan fingerprint density at radius 3 is 2.52 bits per heavy atom. The number of carbonyl (C=O) groups excluding carboxylic acids is 1. The highest BCUT2D eigenvalue weighted by atomic mass is 16.2. The Bertz CT molecular complexity index is 1100. The van der Waals surface area contributed by atoms with Crippen molar-refractivity contribution in [3.63, 3.8) is 0 Å². The number of anilines is 3. The summed E-state index contributed by atoms with van der Waals surface area (Å²) >= 11 is 0. The predicted molar refractivity (Wildman–Crippen MR) is 123 cm³/mol. The summed E-state index contributed by atoms with van der Waals surface area (Å²) in [6.45, 7) is 3.47. The van der Waals surface area contributed by atoms with Crippen LogP contribution in [-0.4, -0.2) is 28.1 Å².